The van der Waals surface area contributed by atoms with E-state index in [1.807, 2.05) is 44.2 Å². The molecule has 0 aliphatic rings. The van der Waals surface area contributed by atoms with Crippen molar-refractivity contribution in [2.75, 3.05) is 6.61 Å². The third kappa shape index (κ3) is 2.79. The smallest absolute Gasteiger partial charge is 0.130 e. The number of para-hydroxylation sites is 1. The van der Waals surface area contributed by atoms with Gasteiger partial charge < -0.3 is 10.5 Å². The lowest BCUT2D eigenvalue weighted by atomic mass is 10.0. The monoisotopic (exact) mass is 244 g/mol. The standard InChI is InChI=1S/C15H20N2O/c1-4-15(3,16)10-18-14-9-11(2)17-13-8-6-5-7-12(13)14/h5-9H,4,10,16H2,1-3H3. The molecule has 0 bridgehead atoms. The van der Waals surface area contributed by atoms with E-state index in [-0.39, 0.29) is 5.54 Å². The lowest BCUT2D eigenvalue weighted by Gasteiger charge is -2.23. The van der Waals surface area contributed by atoms with Gasteiger partial charge in [-0.3, -0.25) is 4.98 Å². The summed E-state index contributed by atoms with van der Waals surface area (Å²) in [6.07, 6.45) is 0.884. The Morgan fingerprint density at radius 1 is 1.33 bits per heavy atom. The largest absolute Gasteiger partial charge is 0.491 e. The van der Waals surface area contributed by atoms with E-state index in [0.717, 1.165) is 28.8 Å². The van der Waals surface area contributed by atoms with Gasteiger partial charge in [0.2, 0.25) is 0 Å². The molecule has 0 saturated carbocycles. The number of rotatable bonds is 4. The van der Waals surface area contributed by atoms with E-state index in [4.69, 9.17) is 10.5 Å². The van der Waals surface area contributed by atoms with E-state index in [2.05, 4.69) is 11.9 Å². The van der Waals surface area contributed by atoms with Crippen LogP contribution in [0.2, 0.25) is 0 Å². The van der Waals surface area contributed by atoms with Gasteiger partial charge in [-0.15, -0.1) is 0 Å². The van der Waals surface area contributed by atoms with Gasteiger partial charge in [0, 0.05) is 22.7 Å². The number of aromatic nitrogens is 1. The average molecular weight is 244 g/mol. The molecule has 0 fully saturated rings. The number of hydrogen-bond donors (Lipinski definition) is 1. The third-order valence-corrected chi connectivity index (χ3v) is 3.17. The number of nitrogens with two attached hydrogens (primary N) is 1. The lowest BCUT2D eigenvalue weighted by molar-refractivity contribution is 0.228. The molecule has 18 heavy (non-hydrogen) atoms. The lowest BCUT2D eigenvalue weighted by Crippen LogP contribution is -2.41. The molecule has 1 atom stereocenters. The van der Waals surface area contributed by atoms with Crippen molar-refractivity contribution in [3.05, 3.63) is 36.0 Å². The Kier molecular flexibility index (Phi) is 3.53. The maximum Gasteiger partial charge on any atom is 0.130 e. The predicted octanol–water partition coefficient (Wildman–Crippen LogP) is 3.05. The fraction of sp³-hybridized carbons (Fsp3) is 0.400. The van der Waals surface area contributed by atoms with Crippen LogP contribution < -0.4 is 10.5 Å². The Bertz CT molecular complexity index is 549. The summed E-state index contributed by atoms with van der Waals surface area (Å²) >= 11 is 0. The summed E-state index contributed by atoms with van der Waals surface area (Å²) in [6, 6.07) is 9.97. The van der Waals surface area contributed by atoms with Crippen molar-refractivity contribution in [3.63, 3.8) is 0 Å². The van der Waals surface area contributed by atoms with E-state index in [1.165, 1.54) is 0 Å². The summed E-state index contributed by atoms with van der Waals surface area (Å²) in [5.74, 6) is 0.864. The maximum absolute atomic E-state index is 6.11. The molecular weight excluding hydrogens is 224 g/mol. The first-order chi connectivity index (χ1) is 8.52. The first-order valence-electron chi connectivity index (χ1n) is 6.30. The quantitative estimate of drug-likeness (QED) is 0.899. The highest BCUT2D eigenvalue weighted by Gasteiger charge is 2.17. The number of pyridine rings is 1. The second kappa shape index (κ2) is 4.94. The van der Waals surface area contributed by atoms with Crippen molar-refractivity contribution < 1.29 is 4.74 Å². The van der Waals surface area contributed by atoms with Gasteiger partial charge in [-0.05, 0) is 32.4 Å². The zero-order valence-electron chi connectivity index (χ0n) is 11.2. The predicted molar refractivity (Wildman–Crippen MR) is 74.9 cm³/mol. The number of ether oxygens (including phenoxy) is 1. The minimum absolute atomic E-state index is 0.293. The summed E-state index contributed by atoms with van der Waals surface area (Å²) in [7, 11) is 0. The van der Waals surface area contributed by atoms with Crippen molar-refractivity contribution in [2.24, 2.45) is 5.73 Å². The van der Waals surface area contributed by atoms with Crippen LogP contribution in [0.15, 0.2) is 30.3 Å². The first kappa shape index (κ1) is 12.8. The third-order valence-electron chi connectivity index (χ3n) is 3.17. The maximum atomic E-state index is 6.11. The van der Waals surface area contributed by atoms with Crippen LogP contribution in [0.4, 0.5) is 0 Å². The summed E-state index contributed by atoms with van der Waals surface area (Å²) in [5, 5.41) is 1.04. The summed E-state index contributed by atoms with van der Waals surface area (Å²) in [4.78, 5) is 4.49. The van der Waals surface area contributed by atoms with Crippen molar-refractivity contribution in [2.45, 2.75) is 32.7 Å². The van der Waals surface area contributed by atoms with Crippen LogP contribution in [0.5, 0.6) is 5.75 Å². The Balaban J connectivity index is 2.33. The zero-order chi connectivity index (χ0) is 13.2. The van der Waals surface area contributed by atoms with Gasteiger partial charge in [0.25, 0.3) is 0 Å². The molecule has 2 rings (SSSR count). The molecule has 0 aliphatic carbocycles. The zero-order valence-corrected chi connectivity index (χ0v) is 11.2. The minimum atomic E-state index is -0.293. The van der Waals surface area contributed by atoms with Crippen molar-refractivity contribution >= 4 is 10.9 Å². The minimum Gasteiger partial charge on any atom is -0.491 e. The van der Waals surface area contributed by atoms with Crippen LogP contribution in [0.25, 0.3) is 10.9 Å². The van der Waals surface area contributed by atoms with E-state index in [9.17, 15) is 0 Å². The molecule has 96 valence electrons. The summed E-state index contributed by atoms with van der Waals surface area (Å²) in [6.45, 7) is 6.56. The van der Waals surface area contributed by atoms with E-state index < -0.39 is 0 Å². The molecule has 1 aromatic heterocycles. The molecule has 3 nitrogen and oxygen atoms in total. The summed E-state index contributed by atoms with van der Waals surface area (Å²) in [5.41, 5.74) is 7.73. The molecule has 2 aromatic rings. The topological polar surface area (TPSA) is 48.1 Å². The molecule has 0 spiro atoms. The van der Waals surface area contributed by atoms with Crippen LogP contribution in [0, 0.1) is 6.92 Å². The molecule has 3 heteroatoms. The molecule has 0 aliphatic heterocycles. The Morgan fingerprint density at radius 2 is 2.06 bits per heavy atom. The Hall–Kier alpha value is -1.61. The Morgan fingerprint density at radius 3 is 2.78 bits per heavy atom. The SMILES string of the molecule is CCC(C)(N)COc1cc(C)nc2ccccc12. The number of benzene rings is 1. The highest BCUT2D eigenvalue weighted by molar-refractivity contribution is 5.85. The van der Waals surface area contributed by atoms with Crippen LogP contribution in [0.1, 0.15) is 26.0 Å². The Labute approximate surface area is 108 Å². The number of hydrogen-bond acceptors (Lipinski definition) is 3. The van der Waals surface area contributed by atoms with Crippen molar-refractivity contribution in [1.29, 1.82) is 0 Å². The van der Waals surface area contributed by atoms with E-state index in [0.29, 0.717) is 6.61 Å². The van der Waals surface area contributed by atoms with Gasteiger partial charge in [-0.25, -0.2) is 0 Å². The van der Waals surface area contributed by atoms with Crippen LogP contribution >= 0.6 is 0 Å². The molecule has 1 unspecified atom stereocenters. The second-order valence-corrected chi connectivity index (χ2v) is 5.08. The molecular formula is C15H20N2O. The molecule has 1 heterocycles. The molecule has 1 aromatic carbocycles. The van der Waals surface area contributed by atoms with Crippen LogP contribution in [-0.2, 0) is 0 Å². The fourth-order valence-corrected chi connectivity index (χ4v) is 1.73. The van der Waals surface area contributed by atoms with Gasteiger partial charge in [0.15, 0.2) is 0 Å². The highest BCUT2D eigenvalue weighted by Crippen LogP contribution is 2.25. The van der Waals surface area contributed by atoms with Gasteiger partial charge in [0.05, 0.1) is 5.52 Å². The van der Waals surface area contributed by atoms with Crippen LogP contribution in [-0.4, -0.2) is 17.1 Å². The van der Waals surface area contributed by atoms with Gasteiger partial charge >= 0.3 is 0 Å². The number of fused-ring (bicyclic) bond motifs is 1. The van der Waals surface area contributed by atoms with Gasteiger partial charge in [-0.1, -0.05) is 19.1 Å². The molecule has 0 radical (unpaired) electrons. The number of aryl methyl sites for hydroxylation is 1. The average Bonchev–Trinajstić information content (AvgIpc) is 2.36. The van der Waals surface area contributed by atoms with E-state index in [1.54, 1.807) is 0 Å². The molecule has 0 saturated heterocycles. The first-order valence-corrected chi connectivity index (χ1v) is 6.30. The van der Waals surface area contributed by atoms with Crippen molar-refractivity contribution in [1.82, 2.24) is 4.98 Å². The highest BCUT2D eigenvalue weighted by atomic mass is 16.5. The molecule has 0 amide bonds. The van der Waals surface area contributed by atoms with Gasteiger partial charge in [-0.2, -0.15) is 0 Å². The normalized spacial score (nSPS) is 14.4. The van der Waals surface area contributed by atoms with E-state index >= 15 is 0 Å². The fourth-order valence-electron chi connectivity index (χ4n) is 1.73. The van der Waals surface area contributed by atoms with Crippen molar-refractivity contribution in [3.8, 4) is 5.75 Å². The van der Waals surface area contributed by atoms with Crippen LogP contribution in [0.3, 0.4) is 0 Å². The molecule has 2 N–H and O–H groups in total. The second-order valence-electron chi connectivity index (χ2n) is 5.08. The summed E-state index contributed by atoms with van der Waals surface area (Å²) < 4.78 is 5.89. The van der Waals surface area contributed by atoms with Gasteiger partial charge in [0.1, 0.15) is 12.4 Å². The number of nitrogens with zero attached hydrogens (tertiary/aromatic N) is 1.